The van der Waals surface area contributed by atoms with Crippen molar-refractivity contribution in [1.29, 1.82) is 5.26 Å². The third-order valence-corrected chi connectivity index (χ3v) is 6.09. The van der Waals surface area contributed by atoms with Gasteiger partial charge in [-0.25, -0.2) is 4.39 Å². The van der Waals surface area contributed by atoms with Gasteiger partial charge < -0.3 is 14.7 Å². The molecule has 0 atom stereocenters. The van der Waals surface area contributed by atoms with Gasteiger partial charge in [-0.05, 0) is 56.2 Å². The molecule has 160 valence electrons. The van der Waals surface area contributed by atoms with E-state index in [1.54, 1.807) is 29.2 Å². The molecular weight excluding hydrogens is 395 g/mol. The fourth-order valence-corrected chi connectivity index (χ4v) is 4.05. The minimum absolute atomic E-state index is 0.105. The van der Waals surface area contributed by atoms with Gasteiger partial charge in [-0.1, -0.05) is 0 Å². The van der Waals surface area contributed by atoms with Crippen molar-refractivity contribution < 1.29 is 14.0 Å². The van der Waals surface area contributed by atoms with Crippen molar-refractivity contribution in [2.75, 3.05) is 43.0 Å². The fourth-order valence-electron chi connectivity index (χ4n) is 4.05. The van der Waals surface area contributed by atoms with Crippen molar-refractivity contribution in [3.63, 3.8) is 0 Å². The first kappa shape index (κ1) is 20.9. The number of benzene rings is 2. The molecule has 1 amide bonds. The number of anilines is 2. The minimum atomic E-state index is -0.428. The Labute approximate surface area is 181 Å². The third kappa shape index (κ3) is 4.24. The Bertz CT molecular complexity index is 1070. The predicted molar refractivity (Wildman–Crippen MR) is 117 cm³/mol. The molecule has 0 aromatic heterocycles. The molecule has 2 aromatic rings. The van der Waals surface area contributed by atoms with Gasteiger partial charge >= 0.3 is 0 Å². The van der Waals surface area contributed by atoms with Crippen LogP contribution in [-0.4, -0.2) is 55.9 Å². The lowest BCUT2D eigenvalue weighted by molar-refractivity contribution is 0.0747. The molecular formula is C24H25FN4O2. The number of halogens is 1. The lowest BCUT2D eigenvalue weighted by atomic mass is 10.1. The number of Topliss-reactive ketones (excluding diaryl/α,β-unsaturated/α-hetero) is 1. The Morgan fingerprint density at radius 1 is 1.10 bits per heavy atom. The first-order valence-corrected chi connectivity index (χ1v) is 10.5. The summed E-state index contributed by atoms with van der Waals surface area (Å²) < 4.78 is 14.5. The summed E-state index contributed by atoms with van der Waals surface area (Å²) in [5.74, 6) is -0.707. The normalized spacial score (nSPS) is 16.1. The maximum absolute atomic E-state index is 14.5. The smallest absolute Gasteiger partial charge is 0.256 e. The molecule has 1 aliphatic carbocycles. The highest BCUT2D eigenvalue weighted by molar-refractivity contribution is 6.00. The van der Waals surface area contributed by atoms with Crippen LogP contribution in [0.5, 0.6) is 0 Å². The molecule has 0 radical (unpaired) electrons. The van der Waals surface area contributed by atoms with Crippen LogP contribution in [0.4, 0.5) is 15.8 Å². The number of piperazine rings is 1. The van der Waals surface area contributed by atoms with Gasteiger partial charge in [0.15, 0.2) is 5.78 Å². The van der Waals surface area contributed by atoms with Crippen LogP contribution in [0.15, 0.2) is 36.4 Å². The molecule has 0 spiro atoms. The van der Waals surface area contributed by atoms with Crippen LogP contribution in [0.2, 0.25) is 0 Å². The minimum Gasteiger partial charge on any atom is -0.371 e. The molecule has 2 aliphatic rings. The lowest BCUT2D eigenvalue weighted by Gasteiger charge is -2.37. The molecule has 1 saturated heterocycles. The van der Waals surface area contributed by atoms with E-state index in [9.17, 15) is 19.2 Å². The summed E-state index contributed by atoms with van der Waals surface area (Å²) in [6.07, 6.45) is 2.22. The van der Waals surface area contributed by atoms with E-state index in [0.29, 0.717) is 54.6 Å². The molecule has 2 fully saturated rings. The lowest BCUT2D eigenvalue weighted by Crippen LogP contribution is -2.49. The van der Waals surface area contributed by atoms with E-state index < -0.39 is 5.82 Å². The summed E-state index contributed by atoms with van der Waals surface area (Å²) in [7, 11) is 1.99. The quantitative estimate of drug-likeness (QED) is 0.693. The van der Waals surface area contributed by atoms with Crippen LogP contribution < -0.4 is 9.80 Å². The molecule has 31 heavy (non-hydrogen) atoms. The monoisotopic (exact) mass is 420 g/mol. The van der Waals surface area contributed by atoms with Crippen molar-refractivity contribution in [3.05, 3.63) is 58.9 Å². The van der Waals surface area contributed by atoms with E-state index in [1.165, 1.54) is 13.0 Å². The van der Waals surface area contributed by atoms with E-state index >= 15 is 0 Å². The van der Waals surface area contributed by atoms with Gasteiger partial charge in [-0.2, -0.15) is 5.26 Å². The summed E-state index contributed by atoms with van der Waals surface area (Å²) in [4.78, 5) is 30.6. The first-order valence-electron chi connectivity index (χ1n) is 10.5. The standard InChI is InChI=1S/C24H25FN4O2/c1-16(30)18-4-8-23(21(25)14-18)28-9-11-29(12-10-28)24(31)20-13-17(15-26)3-7-22(20)27(2)19-5-6-19/h3-4,7-8,13-14,19H,5-6,9-12H2,1-2H3. The van der Waals surface area contributed by atoms with Crippen molar-refractivity contribution in [2.24, 2.45) is 0 Å². The predicted octanol–water partition coefficient (Wildman–Crippen LogP) is 3.46. The maximum atomic E-state index is 14.5. The summed E-state index contributed by atoms with van der Waals surface area (Å²) in [6, 6.07) is 12.4. The van der Waals surface area contributed by atoms with E-state index in [4.69, 9.17) is 0 Å². The maximum Gasteiger partial charge on any atom is 0.256 e. The van der Waals surface area contributed by atoms with Gasteiger partial charge in [0, 0.05) is 50.5 Å². The number of ketones is 1. The summed E-state index contributed by atoms with van der Waals surface area (Å²) >= 11 is 0. The van der Waals surface area contributed by atoms with Crippen molar-refractivity contribution in [3.8, 4) is 6.07 Å². The molecule has 2 aromatic carbocycles. The van der Waals surface area contributed by atoms with Gasteiger partial charge in [0.05, 0.1) is 22.9 Å². The molecule has 4 rings (SSSR count). The molecule has 1 heterocycles. The largest absolute Gasteiger partial charge is 0.371 e. The SMILES string of the molecule is CC(=O)c1ccc(N2CCN(C(=O)c3cc(C#N)ccc3N(C)C3CC3)CC2)c(F)c1. The first-order chi connectivity index (χ1) is 14.9. The number of carbonyl (C=O) groups is 2. The number of rotatable bonds is 5. The Morgan fingerprint density at radius 3 is 2.39 bits per heavy atom. The average molecular weight is 420 g/mol. The summed E-state index contributed by atoms with van der Waals surface area (Å²) in [5.41, 5.74) is 2.64. The highest BCUT2D eigenvalue weighted by Gasteiger charge is 2.31. The van der Waals surface area contributed by atoms with Gasteiger partial charge in [0.1, 0.15) is 5.82 Å². The number of hydrogen-bond acceptors (Lipinski definition) is 5. The Hall–Kier alpha value is -3.40. The highest BCUT2D eigenvalue weighted by Crippen LogP contribution is 2.33. The topological polar surface area (TPSA) is 67.6 Å². The number of hydrogen-bond donors (Lipinski definition) is 0. The molecule has 0 bridgehead atoms. The van der Waals surface area contributed by atoms with Crippen LogP contribution >= 0.6 is 0 Å². The molecule has 6 nitrogen and oxygen atoms in total. The number of nitrogens with zero attached hydrogens (tertiary/aromatic N) is 4. The average Bonchev–Trinajstić information content (AvgIpc) is 3.63. The number of carbonyl (C=O) groups excluding carboxylic acids is 2. The summed E-state index contributed by atoms with van der Waals surface area (Å²) in [6.45, 7) is 3.31. The number of amides is 1. The van der Waals surface area contributed by atoms with Gasteiger partial charge in [-0.15, -0.1) is 0 Å². The third-order valence-electron chi connectivity index (χ3n) is 6.09. The van der Waals surface area contributed by atoms with Gasteiger partial charge in [-0.3, -0.25) is 9.59 Å². The second kappa shape index (κ2) is 8.38. The van der Waals surface area contributed by atoms with Gasteiger partial charge in [0.2, 0.25) is 0 Å². The molecule has 0 N–H and O–H groups in total. The molecule has 1 aliphatic heterocycles. The van der Waals surface area contributed by atoms with Crippen LogP contribution in [0, 0.1) is 17.1 Å². The van der Waals surface area contributed by atoms with Gasteiger partial charge in [0.25, 0.3) is 5.91 Å². The van der Waals surface area contributed by atoms with Crippen LogP contribution in [0.3, 0.4) is 0 Å². The highest BCUT2D eigenvalue weighted by atomic mass is 19.1. The van der Waals surface area contributed by atoms with Crippen LogP contribution in [0.1, 0.15) is 46.0 Å². The second-order valence-corrected chi connectivity index (χ2v) is 8.19. The second-order valence-electron chi connectivity index (χ2n) is 8.19. The Morgan fingerprint density at radius 2 is 1.81 bits per heavy atom. The van der Waals surface area contributed by atoms with Crippen LogP contribution in [-0.2, 0) is 0 Å². The zero-order valence-electron chi connectivity index (χ0n) is 17.8. The summed E-state index contributed by atoms with van der Waals surface area (Å²) in [5, 5.41) is 9.29. The van der Waals surface area contributed by atoms with Crippen molar-refractivity contribution >= 4 is 23.1 Å². The van der Waals surface area contributed by atoms with E-state index in [1.807, 2.05) is 18.0 Å². The van der Waals surface area contributed by atoms with Crippen LogP contribution in [0.25, 0.3) is 0 Å². The van der Waals surface area contributed by atoms with E-state index in [-0.39, 0.29) is 11.7 Å². The molecule has 1 saturated carbocycles. The molecule has 0 unspecified atom stereocenters. The Balaban J connectivity index is 1.50. The zero-order valence-corrected chi connectivity index (χ0v) is 17.8. The van der Waals surface area contributed by atoms with E-state index in [0.717, 1.165) is 18.5 Å². The molecule has 7 heteroatoms. The van der Waals surface area contributed by atoms with Crippen molar-refractivity contribution in [2.45, 2.75) is 25.8 Å². The van der Waals surface area contributed by atoms with Crippen molar-refractivity contribution in [1.82, 2.24) is 4.90 Å². The van der Waals surface area contributed by atoms with E-state index in [2.05, 4.69) is 11.0 Å². The number of nitriles is 1. The zero-order chi connectivity index (χ0) is 22.1. The fraction of sp³-hybridized carbons (Fsp3) is 0.375. The Kier molecular flexibility index (Phi) is 5.64.